The van der Waals surface area contributed by atoms with Crippen molar-refractivity contribution in [2.45, 2.75) is 44.3 Å². The quantitative estimate of drug-likeness (QED) is 0.324. The molecule has 0 saturated heterocycles. The fraction of sp³-hybridized carbons (Fsp3) is 0.321. The zero-order chi connectivity index (χ0) is 24.2. The molecule has 0 spiro atoms. The van der Waals surface area contributed by atoms with Crippen LogP contribution in [0, 0.1) is 0 Å². The van der Waals surface area contributed by atoms with E-state index >= 15 is 0 Å². The predicted molar refractivity (Wildman–Crippen MR) is 150 cm³/mol. The maximum Gasteiger partial charge on any atom is 0.225 e. The lowest BCUT2D eigenvalue weighted by Crippen LogP contribution is -2.44. The summed E-state index contributed by atoms with van der Waals surface area (Å²) < 4.78 is 0. The fourth-order valence-corrected chi connectivity index (χ4v) is 5.13. The third kappa shape index (κ3) is 5.46. The smallest absolute Gasteiger partial charge is 0.225 e. The molecular formula is C28H32N6S. The van der Waals surface area contributed by atoms with Crippen molar-refractivity contribution in [2.24, 2.45) is 0 Å². The van der Waals surface area contributed by atoms with Crippen LogP contribution in [0.3, 0.4) is 0 Å². The first kappa shape index (κ1) is 23.3. The normalized spacial score (nSPS) is 17.8. The molecule has 180 valence electrons. The maximum absolute atomic E-state index is 5.61. The van der Waals surface area contributed by atoms with Crippen LogP contribution >= 0.6 is 12.2 Å². The number of fused-ring (bicyclic) bond motifs is 2. The van der Waals surface area contributed by atoms with Gasteiger partial charge in [0, 0.05) is 38.1 Å². The van der Waals surface area contributed by atoms with Crippen LogP contribution in [0.5, 0.6) is 0 Å². The Bertz CT molecular complexity index is 1320. The predicted octanol–water partition coefficient (Wildman–Crippen LogP) is 5.24. The third-order valence-corrected chi connectivity index (χ3v) is 6.98. The molecule has 1 saturated carbocycles. The van der Waals surface area contributed by atoms with Gasteiger partial charge < -0.3 is 20.9 Å². The second kappa shape index (κ2) is 10.4. The molecule has 0 radical (unpaired) electrons. The first-order valence-corrected chi connectivity index (χ1v) is 12.7. The van der Waals surface area contributed by atoms with Crippen LogP contribution in [0.4, 0.5) is 11.8 Å². The summed E-state index contributed by atoms with van der Waals surface area (Å²) in [5, 5.41) is 14.8. The highest BCUT2D eigenvalue weighted by atomic mass is 32.1. The number of nitrogens with one attached hydrogen (secondary N) is 3. The molecule has 35 heavy (non-hydrogen) atoms. The van der Waals surface area contributed by atoms with E-state index < -0.39 is 0 Å². The van der Waals surface area contributed by atoms with Gasteiger partial charge in [0.2, 0.25) is 5.95 Å². The number of hydrogen-bond donors (Lipinski definition) is 3. The van der Waals surface area contributed by atoms with Crippen molar-refractivity contribution in [2.75, 3.05) is 24.3 Å². The molecule has 0 aliphatic heterocycles. The Labute approximate surface area is 212 Å². The Balaban J connectivity index is 1.13. The first-order chi connectivity index (χ1) is 17.1. The molecule has 0 bridgehead atoms. The minimum Gasteiger partial charge on any atom is -0.362 e. The monoisotopic (exact) mass is 484 g/mol. The van der Waals surface area contributed by atoms with Gasteiger partial charge in [-0.15, -0.1) is 0 Å². The molecule has 1 fully saturated rings. The summed E-state index contributed by atoms with van der Waals surface area (Å²) in [5.41, 5.74) is 2.22. The van der Waals surface area contributed by atoms with Gasteiger partial charge in [-0.1, -0.05) is 54.6 Å². The number of rotatable bonds is 6. The molecular weight excluding hydrogens is 452 g/mol. The summed E-state index contributed by atoms with van der Waals surface area (Å²) in [6.07, 6.45) is 4.22. The number of para-hydroxylation sites is 1. The van der Waals surface area contributed by atoms with Crippen molar-refractivity contribution in [3.63, 3.8) is 0 Å². The van der Waals surface area contributed by atoms with E-state index in [1.165, 1.54) is 16.3 Å². The molecule has 0 atom stereocenters. The molecule has 1 aromatic heterocycles. The SMILES string of the molecule is CN(C)c1nc(NC2CCC(NC(=S)NCc3cccc4ccccc34)CC2)nc2ccccc12. The Morgan fingerprint density at radius 1 is 0.857 bits per heavy atom. The molecule has 1 aliphatic carbocycles. The van der Waals surface area contributed by atoms with Gasteiger partial charge in [-0.05, 0) is 66.4 Å². The van der Waals surface area contributed by atoms with Crippen LogP contribution in [0.1, 0.15) is 31.2 Å². The Morgan fingerprint density at radius 3 is 2.34 bits per heavy atom. The maximum atomic E-state index is 5.61. The van der Waals surface area contributed by atoms with Crippen LogP contribution in [0.25, 0.3) is 21.7 Å². The van der Waals surface area contributed by atoms with Gasteiger partial charge in [0.05, 0.1) is 5.52 Å². The lowest BCUT2D eigenvalue weighted by molar-refractivity contribution is 0.385. The summed E-state index contributed by atoms with van der Waals surface area (Å²) in [4.78, 5) is 11.6. The van der Waals surface area contributed by atoms with E-state index in [-0.39, 0.29) is 0 Å². The Hall–Kier alpha value is -3.45. The minimum absolute atomic E-state index is 0.362. The Kier molecular flexibility index (Phi) is 6.95. The minimum atomic E-state index is 0.362. The number of thiocarbonyl (C=S) groups is 1. The second-order valence-electron chi connectivity index (χ2n) is 9.44. The second-order valence-corrected chi connectivity index (χ2v) is 9.85. The molecule has 6 nitrogen and oxygen atoms in total. The van der Waals surface area contributed by atoms with Crippen LogP contribution in [-0.2, 0) is 6.54 Å². The highest BCUT2D eigenvalue weighted by Gasteiger charge is 2.23. The van der Waals surface area contributed by atoms with E-state index in [9.17, 15) is 0 Å². The molecule has 3 aromatic carbocycles. The molecule has 7 heteroatoms. The topological polar surface area (TPSA) is 65.1 Å². The van der Waals surface area contributed by atoms with Gasteiger partial charge in [0.25, 0.3) is 0 Å². The Morgan fingerprint density at radius 2 is 1.54 bits per heavy atom. The van der Waals surface area contributed by atoms with E-state index in [2.05, 4.69) is 64.5 Å². The van der Waals surface area contributed by atoms with Crippen molar-refractivity contribution in [1.82, 2.24) is 20.6 Å². The van der Waals surface area contributed by atoms with Crippen molar-refractivity contribution < 1.29 is 0 Å². The van der Waals surface area contributed by atoms with E-state index in [0.717, 1.165) is 54.1 Å². The van der Waals surface area contributed by atoms with Gasteiger partial charge in [-0.3, -0.25) is 0 Å². The number of hydrogen-bond acceptors (Lipinski definition) is 5. The highest BCUT2D eigenvalue weighted by molar-refractivity contribution is 7.80. The summed E-state index contributed by atoms with van der Waals surface area (Å²) in [6, 6.07) is 23.8. The molecule has 0 amide bonds. The zero-order valence-electron chi connectivity index (χ0n) is 20.3. The molecule has 1 heterocycles. The van der Waals surface area contributed by atoms with Gasteiger partial charge >= 0.3 is 0 Å². The van der Waals surface area contributed by atoms with Crippen molar-refractivity contribution in [1.29, 1.82) is 0 Å². The molecule has 5 rings (SSSR count). The lowest BCUT2D eigenvalue weighted by atomic mass is 9.91. The van der Waals surface area contributed by atoms with E-state index in [1.807, 2.05) is 37.2 Å². The third-order valence-electron chi connectivity index (χ3n) is 6.72. The van der Waals surface area contributed by atoms with E-state index in [1.54, 1.807) is 0 Å². The highest BCUT2D eigenvalue weighted by Crippen LogP contribution is 2.26. The van der Waals surface area contributed by atoms with Crippen LogP contribution in [0.2, 0.25) is 0 Å². The largest absolute Gasteiger partial charge is 0.362 e. The van der Waals surface area contributed by atoms with Gasteiger partial charge in [0.15, 0.2) is 5.11 Å². The van der Waals surface area contributed by atoms with E-state index in [4.69, 9.17) is 22.2 Å². The molecule has 3 N–H and O–H groups in total. The van der Waals surface area contributed by atoms with Gasteiger partial charge in [-0.2, -0.15) is 4.98 Å². The lowest BCUT2D eigenvalue weighted by Gasteiger charge is -2.30. The van der Waals surface area contributed by atoms with Crippen LogP contribution < -0.4 is 20.9 Å². The van der Waals surface area contributed by atoms with Crippen molar-refractivity contribution in [3.8, 4) is 0 Å². The number of aromatic nitrogens is 2. The summed E-state index contributed by atoms with van der Waals surface area (Å²) >= 11 is 5.61. The summed E-state index contributed by atoms with van der Waals surface area (Å²) in [7, 11) is 4.04. The van der Waals surface area contributed by atoms with Crippen LogP contribution in [-0.4, -0.2) is 41.3 Å². The van der Waals surface area contributed by atoms with Crippen molar-refractivity contribution >= 4 is 50.8 Å². The van der Waals surface area contributed by atoms with Crippen LogP contribution in [0.15, 0.2) is 66.7 Å². The number of nitrogens with zero attached hydrogens (tertiary/aromatic N) is 3. The standard InChI is InChI=1S/C28H32N6S/c1-34(2)26-24-12-5-6-13-25(24)32-27(33-26)30-21-14-16-22(17-15-21)31-28(35)29-18-20-10-7-9-19-8-3-4-11-23(19)20/h3-13,21-22H,14-18H2,1-2H3,(H2,29,31,35)(H,30,32,33). The van der Waals surface area contributed by atoms with Crippen molar-refractivity contribution in [3.05, 3.63) is 72.3 Å². The fourth-order valence-electron chi connectivity index (χ4n) is 4.89. The molecule has 0 unspecified atom stereocenters. The first-order valence-electron chi connectivity index (χ1n) is 12.3. The zero-order valence-corrected chi connectivity index (χ0v) is 21.1. The van der Waals surface area contributed by atoms with Gasteiger partial charge in [0.1, 0.15) is 5.82 Å². The average molecular weight is 485 g/mol. The summed E-state index contributed by atoms with van der Waals surface area (Å²) in [6.45, 7) is 0.720. The average Bonchev–Trinajstić information content (AvgIpc) is 2.88. The number of anilines is 2. The molecule has 1 aliphatic rings. The molecule has 4 aromatic rings. The summed E-state index contributed by atoms with van der Waals surface area (Å²) in [5.74, 6) is 1.65. The van der Waals surface area contributed by atoms with E-state index in [0.29, 0.717) is 18.0 Å². The van der Waals surface area contributed by atoms with Gasteiger partial charge in [-0.25, -0.2) is 4.98 Å². The number of benzene rings is 3.